The maximum absolute atomic E-state index is 12.2. The average Bonchev–Trinajstić information content (AvgIpc) is 3.02. The third-order valence-electron chi connectivity index (χ3n) is 3.90. The largest absolute Gasteiger partial charge is 0.351 e. The molecular formula is C19H17N3O3S. The predicted octanol–water partition coefficient (Wildman–Crippen LogP) is 3.89. The van der Waals surface area contributed by atoms with Gasteiger partial charge in [0, 0.05) is 22.1 Å². The number of nitrogens with zero attached hydrogens (tertiary/aromatic N) is 2. The molecule has 0 aliphatic rings. The summed E-state index contributed by atoms with van der Waals surface area (Å²) in [5, 5.41) is 14.8. The number of thiazole rings is 1. The summed E-state index contributed by atoms with van der Waals surface area (Å²) in [5.41, 5.74) is 2.28. The van der Waals surface area contributed by atoms with E-state index >= 15 is 0 Å². The van der Waals surface area contributed by atoms with Crippen molar-refractivity contribution in [3.8, 4) is 10.6 Å². The molecule has 1 heterocycles. The van der Waals surface area contributed by atoms with Gasteiger partial charge in [0.25, 0.3) is 5.69 Å². The zero-order valence-electron chi connectivity index (χ0n) is 14.1. The van der Waals surface area contributed by atoms with E-state index in [2.05, 4.69) is 10.3 Å². The van der Waals surface area contributed by atoms with Crippen molar-refractivity contribution in [2.45, 2.75) is 19.9 Å². The van der Waals surface area contributed by atoms with Crippen molar-refractivity contribution < 1.29 is 9.72 Å². The van der Waals surface area contributed by atoms with E-state index in [0.717, 1.165) is 21.1 Å². The Morgan fingerprint density at radius 1 is 1.15 bits per heavy atom. The molecule has 1 aromatic heterocycles. The third kappa shape index (κ3) is 4.12. The topological polar surface area (TPSA) is 85.1 Å². The molecule has 0 aliphatic carbocycles. The van der Waals surface area contributed by atoms with Crippen LogP contribution in [0.25, 0.3) is 10.6 Å². The third-order valence-corrected chi connectivity index (χ3v) is 5.11. The number of rotatable bonds is 6. The Bertz CT molecular complexity index is 938. The molecule has 0 fully saturated rings. The average molecular weight is 367 g/mol. The zero-order chi connectivity index (χ0) is 18.5. The minimum Gasteiger partial charge on any atom is -0.351 e. The van der Waals surface area contributed by atoms with Crippen LogP contribution in [0.3, 0.4) is 0 Å². The number of hydrogen-bond acceptors (Lipinski definition) is 5. The van der Waals surface area contributed by atoms with Crippen molar-refractivity contribution >= 4 is 22.9 Å². The molecule has 0 unspecified atom stereocenters. The van der Waals surface area contributed by atoms with Crippen LogP contribution in [0.5, 0.6) is 0 Å². The highest BCUT2D eigenvalue weighted by molar-refractivity contribution is 7.15. The number of nitrogens with one attached hydrogen (secondary N) is 1. The van der Waals surface area contributed by atoms with Gasteiger partial charge in [0.05, 0.1) is 23.6 Å². The van der Waals surface area contributed by atoms with Gasteiger partial charge in [-0.2, -0.15) is 0 Å². The minimum absolute atomic E-state index is 0.0272. The number of nitro groups is 1. The Morgan fingerprint density at radius 3 is 2.58 bits per heavy atom. The first-order chi connectivity index (χ1) is 12.5. The second-order valence-electron chi connectivity index (χ2n) is 5.73. The summed E-state index contributed by atoms with van der Waals surface area (Å²) in [5.74, 6) is -0.256. The molecule has 2 aromatic carbocycles. The van der Waals surface area contributed by atoms with E-state index in [4.69, 9.17) is 0 Å². The van der Waals surface area contributed by atoms with Gasteiger partial charge in [-0.05, 0) is 6.92 Å². The summed E-state index contributed by atoms with van der Waals surface area (Å²) < 4.78 is 0. The standard InChI is InChI=1S/C19H17N3O3S/c1-13-17(26-19(21-13)14-7-3-2-4-8-14)12-20-18(23)11-15-9-5-6-10-16(15)22(24)25/h2-10H,11-12H2,1H3,(H,20,23). The van der Waals surface area contributed by atoms with Gasteiger partial charge < -0.3 is 5.32 Å². The number of aryl methyl sites for hydroxylation is 1. The van der Waals surface area contributed by atoms with E-state index < -0.39 is 4.92 Å². The fourth-order valence-corrected chi connectivity index (χ4v) is 3.56. The van der Waals surface area contributed by atoms with Gasteiger partial charge in [-0.1, -0.05) is 48.5 Å². The summed E-state index contributed by atoms with van der Waals surface area (Å²) >= 11 is 1.53. The molecule has 3 rings (SSSR count). The van der Waals surface area contributed by atoms with Crippen molar-refractivity contribution in [3.05, 3.63) is 80.8 Å². The second-order valence-corrected chi connectivity index (χ2v) is 6.82. The minimum atomic E-state index is -0.470. The summed E-state index contributed by atoms with van der Waals surface area (Å²) in [6.45, 7) is 2.27. The summed E-state index contributed by atoms with van der Waals surface area (Å²) in [4.78, 5) is 28.3. The van der Waals surface area contributed by atoms with E-state index in [9.17, 15) is 14.9 Å². The molecule has 1 N–H and O–H groups in total. The lowest BCUT2D eigenvalue weighted by Gasteiger charge is -2.05. The lowest BCUT2D eigenvalue weighted by Crippen LogP contribution is -2.24. The first-order valence-electron chi connectivity index (χ1n) is 8.05. The number of carbonyl (C=O) groups is 1. The molecule has 0 aliphatic heterocycles. The van der Waals surface area contributed by atoms with Gasteiger partial charge in [0.1, 0.15) is 5.01 Å². The fraction of sp³-hybridized carbons (Fsp3) is 0.158. The first-order valence-corrected chi connectivity index (χ1v) is 8.87. The molecule has 0 saturated heterocycles. The number of nitro benzene ring substituents is 1. The molecule has 26 heavy (non-hydrogen) atoms. The van der Waals surface area contributed by atoms with Crippen LogP contribution in [-0.2, 0) is 17.8 Å². The predicted molar refractivity (Wildman–Crippen MR) is 101 cm³/mol. The van der Waals surface area contributed by atoms with E-state index in [1.165, 1.54) is 17.4 Å². The van der Waals surface area contributed by atoms with E-state index in [-0.39, 0.29) is 18.0 Å². The van der Waals surface area contributed by atoms with Gasteiger partial charge >= 0.3 is 0 Å². The SMILES string of the molecule is Cc1nc(-c2ccccc2)sc1CNC(=O)Cc1ccccc1[N+](=O)[O-]. The Labute approximate surface area is 154 Å². The number of amides is 1. The second kappa shape index (κ2) is 7.88. The fourth-order valence-electron chi connectivity index (χ4n) is 2.55. The summed E-state index contributed by atoms with van der Waals surface area (Å²) in [7, 11) is 0. The van der Waals surface area contributed by atoms with Crippen LogP contribution in [0.15, 0.2) is 54.6 Å². The van der Waals surface area contributed by atoms with Gasteiger partial charge in [0.2, 0.25) is 5.91 Å². The number of aromatic nitrogens is 1. The van der Waals surface area contributed by atoms with Gasteiger partial charge in [0.15, 0.2) is 0 Å². The molecule has 1 amide bonds. The van der Waals surface area contributed by atoms with Crippen LogP contribution >= 0.6 is 11.3 Å². The summed E-state index contributed by atoms with van der Waals surface area (Å²) in [6, 6.07) is 16.1. The van der Waals surface area contributed by atoms with Crippen molar-refractivity contribution in [2.24, 2.45) is 0 Å². The molecule has 0 spiro atoms. The van der Waals surface area contributed by atoms with E-state index in [1.807, 2.05) is 37.3 Å². The molecule has 0 atom stereocenters. The van der Waals surface area contributed by atoms with Crippen LogP contribution in [0.4, 0.5) is 5.69 Å². The van der Waals surface area contributed by atoms with Crippen LogP contribution in [0.2, 0.25) is 0 Å². The summed E-state index contributed by atoms with van der Waals surface area (Å²) in [6.07, 6.45) is -0.0272. The lowest BCUT2D eigenvalue weighted by atomic mass is 10.1. The van der Waals surface area contributed by atoms with Crippen molar-refractivity contribution in [1.82, 2.24) is 10.3 Å². The molecule has 132 valence electrons. The van der Waals surface area contributed by atoms with E-state index in [0.29, 0.717) is 12.1 Å². The number of hydrogen-bond donors (Lipinski definition) is 1. The molecule has 3 aromatic rings. The maximum Gasteiger partial charge on any atom is 0.273 e. The highest BCUT2D eigenvalue weighted by Gasteiger charge is 2.16. The number of carbonyl (C=O) groups excluding carboxylic acids is 1. The van der Waals surface area contributed by atoms with Gasteiger partial charge in [-0.3, -0.25) is 14.9 Å². The van der Waals surface area contributed by atoms with Gasteiger partial charge in [-0.25, -0.2) is 4.98 Å². The first kappa shape index (κ1) is 17.8. The van der Waals surface area contributed by atoms with Crippen LogP contribution < -0.4 is 5.32 Å². The van der Waals surface area contributed by atoms with Crippen molar-refractivity contribution in [1.29, 1.82) is 0 Å². The zero-order valence-corrected chi connectivity index (χ0v) is 15.0. The van der Waals surface area contributed by atoms with E-state index in [1.54, 1.807) is 18.2 Å². The monoisotopic (exact) mass is 367 g/mol. The molecule has 6 nitrogen and oxygen atoms in total. The quantitative estimate of drug-likeness (QED) is 0.529. The number of para-hydroxylation sites is 1. The van der Waals surface area contributed by atoms with Crippen LogP contribution in [0, 0.1) is 17.0 Å². The lowest BCUT2D eigenvalue weighted by molar-refractivity contribution is -0.385. The molecule has 0 radical (unpaired) electrons. The van der Waals surface area contributed by atoms with Crippen LogP contribution in [-0.4, -0.2) is 15.8 Å². The van der Waals surface area contributed by atoms with Crippen LogP contribution in [0.1, 0.15) is 16.1 Å². The highest BCUT2D eigenvalue weighted by atomic mass is 32.1. The Hall–Kier alpha value is -3.06. The Balaban J connectivity index is 1.65. The molecule has 0 saturated carbocycles. The molecular weight excluding hydrogens is 350 g/mol. The molecule has 0 bridgehead atoms. The van der Waals surface area contributed by atoms with Crippen molar-refractivity contribution in [3.63, 3.8) is 0 Å². The molecule has 7 heteroatoms. The smallest absolute Gasteiger partial charge is 0.273 e. The maximum atomic E-state index is 12.2. The Morgan fingerprint density at radius 2 is 1.85 bits per heavy atom. The Kier molecular flexibility index (Phi) is 5.38. The van der Waals surface area contributed by atoms with Crippen molar-refractivity contribution in [2.75, 3.05) is 0 Å². The highest BCUT2D eigenvalue weighted by Crippen LogP contribution is 2.27. The normalized spacial score (nSPS) is 10.5. The van der Waals surface area contributed by atoms with Gasteiger partial charge in [-0.15, -0.1) is 11.3 Å². The number of benzene rings is 2.